The molecule has 20 heavy (non-hydrogen) atoms. The molecule has 0 saturated heterocycles. The van der Waals surface area contributed by atoms with Gasteiger partial charge in [0.15, 0.2) is 5.82 Å². The molecule has 0 unspecified atom stereocenters. The first kappa shape index (κ1) is 14.3. The second-order valence-corrected chi connectivity index (χ2v) is 5.26. The number of nitrogens with one attached hydrogen (secondary N) is 2. The van der Waals surface area contributed by atoms with Crippen molar-refractivity contribution in [2.45, 2.75) is 39.5 Å². The lowest BCUT2D eigenvalue weighted by Gasteiger charge is -2.06. The van der Waals surface area contributed by atoms with Gasteiger partial charge >= 0.3 is 0 Å². The highest BCUT2D eigenvalue weighted by molar-refractivity contribution is 6.03. The summed E-state index contributed by atoms with van der Waals surface area (Å²) >= 11 is 0. The number of nitrogens with zero attached hydrogens (tertiary/aromatic N) is 1. The molecule has 0 radical (unpaired) electrons. The number of hydrogen-bond acceptors (Lipinski definition) is 2. The summed E-state index contributed by atoms with van der Waals surface area (Å²) < 4.78 is 0. The van der Waals surface area contributed by atoms with E-state index in [1.54, 1.807) is 0 Å². The minimum atomic E-state index is -0.130. The summed E-state index contributed by atoms with van der Waals surface area (Å²) in [5, 5.41) is 9.82. The smallest absolute Gasteiger partial charge is 0.256 e. The van der Waals surface area contributed by atoms with Crippen LogP contribution in [0, 0.1) is 0 Å². The molecule has 0 saturated carbocycles. The molecule has 0 bridgehead atoms. The van der Waals surface area contributed by atoms with E-state index in [2.05, 4.69) is 36.3 Å². The van der Waals surface area contributed by atoms with Crippen LogP contribution in [0.5, 0.6) is 0 Å². The lowest BCUT2D eigenvalue weighted by atomic mass is 10.0. The fraction of sp³-hybridized carbons (Fsp3) is 0.375. The normalized spacial score (nSPS) is 10.8. The maximum atomic E-state index is 12.1. The van der Waals surface area contributed by atoms with Gasteiger partial charge in [-0.2, -0.15) is 5.10 Å². The van der Waals surface area contributed by atoms with Crippen molar-refractivity contribution >= 4 is 11.7 Å². The van der Waals surface area contributed by atoms with Crippen molar-refractivity contribution in [3.05, 3.63) is 47.2 Å². The molecule has 4 heteroatoms. The number of benzene rings is 1. The molecule has 2 aromatic rings. The Morgan fingerprint density at radius 2 is 2.00 bits per heavy atom. The molecular weight excluding hydrogens is 250 g/mol. The fourth-order valence-corrected chi connectivity index (χ4v) is 2.03. The van der Waals surface area contributed by atoms with Crippen LogP contribution >= 0.6 is 0 Å². The SMILES string of the molecule is CCCc1cc(NC(=O)c2ccc(C(C)C)cc2)n[nH]1. The summed E-state index contributed by atoms with van der Waals surface area (Å²) in [6.45, 7) is 6.37. The second kappa shape index (κ2) is 6.37. The summed E-state index contributed by atoms with van der Waals surface area (Å²) in [6.07, 6.45) is 1.98. The minimum Gasteiger partial charge on any atom is -0.305 e. The highest BCUT2D eigenvalue weighted by Gasteiger charge is 2.09. The average Bonchev–Trinajstić information content (AvgIpc) is 2.86. The molecule has 0 aliphatic rings. The van der Waals surface area contributed by atoms with Crippen LogP contribution in [-0.4, -0.2) is 16.1 Å². The lowest BCUT2D eigenvalue weighted by Crippen LogP contribution is -2.12. The zero-order valence-corrected chi connectivity index (χ0v) is 12.2. The minimum absolute atomic E-state index is 0.130. The highest BCUT2D eigenvalue weighted by Crippen LogP contribution is 2.15. The highest BCUT2D eigenvalue weighted by atomic mass is 16.1. The maximum absolute atomic E-state index is 12.1. The fourth-order valence-electron chi connectivity index (χ4n) is 2.03. The summed E-state index contributed by atoms with van der Waals surface area (Å²) in [5.41, 5.74) is 2.92. The van der Waals surface area contributed by atoms with Crippen LogP contribution in [0.1, 0.15) is 54.7 Å². The number of aromatic nitrogens is 2. The van der Waals surface area contributed by atoms with Gasteiger partial charge in [0.05, 0.1) is 0 Å². The van der Waals surface area contributed by atoms with Crippen molar-refractivity contribution in [2.24, 2.45) is 0 Å². The molecular formula is C16H21N3O. The third-order valence-corrected chi connectivity index (χ3v) is 3.23. The van der Waals surface area contributed by atoms with Crippen LogP contribution in [0.25, 0.3) is 0 Å². The Morgan fingerprint density at radius 3 is 2.60 bits per heavy atom. The first-order valence-electron chi connectivity index (χ1n) is 7.05. The Labute approximate surface area is 119 Å². The number of carbonyl (C=O) groups is 1. The van der Waals surface area contributed by atoms with Crippen LogP contribution in [0.2, 0.25) is 0 Å². The van der Waals surface area contributed by atoms with Gasteiger partial charge in [0.2, 0.25) is 0 Å². The first-order chi connectivity index (χ1) is 9.60. The molecule has 4 nitrogen and oxygen atoms in total. The van der Waals surface area contributed by atoms with Gasteiger partial charge in [-0.1, -0.05) is 39.3 Å². The van der Waals surface area contributed by atoms with Gasteiger partial charge in [-0.25, -0.2) is 0 Å². The molecule has 0 aliphatic carbocycles. The number of carbonyl (C=O) groups excluding carboxylic acids is 1. The topological polar surface area (TPSA) is 57.8 Å². The number of rotatable bonds is 5. The standard InChI is InChI=1S/C16H21N3O/c1-4-5-14-10-15(19-18-14)17-16(20)13-8-6-12(7-9-13)11(2)3/h6-11H,4-5H2,1-3H3,(H2,17,18,19,20). The zero-order chi connectivity index (χ0) is 14.5. The van der Waals surface area contributed by atoms with Gasteiger partial charge in [-0.05, 0) is 30.0 Å². The molecule has 106 valence electrons. The van der Waals surface area contributed by atoms with E-state index in [4.69, 9.17) is 0 Å². The average molecular weight is 271 g/mol. The van der Waals surface area contributed by atoms with E-state index in [1.807, 2.05) is 30.3 Å². The van der Waals surface area contributed by atoms with Crippen molar-refractivity contribution in [3.8, 4) is 0 Å². The van der Waals surface area contributed by atoms with E-state index in [0.29, 0.717) is 17.3 Å². The summed E-state index contributed by atoms with van der Waals surface area (Å²) in [5.74, 6) is 0.913. The number of amides is 1. The van der Waals surface area contributed by atoms with Crippen LogP contribution < -0.4 is 5.32 Å². The number of hydrogen-bond donors (Lipinski definition) is 2. The van der Waals surface area contributed by atoms with E-state index in [-0.39, 0.29) is 5.91 Å². The van der Waals surface area contributed by atoms with Crippen molar-refractivity contribution in [3.63, 3.8) is 0 Å². The van der Waals surface area contributed by atoms with Crippen molar-refractivity contribution in [1.29, 1.82) is 0 Å². The van der Waals surface area contributed by atoms with Crippen molar-refractivity contribution in [2.75, 3.05) is 5.32 Å². The Morgan fingerprint density at radius 1 is 1.30 bits per heavy atom. The lowest BCUT2D eigenvalue weighted by molar-refractivity contribution is 0.102. The van der Waals surface area contributed by atoms with Gasteiger partial charge in [0, 0.05) is 17.3 Å². The Balaban J connectivity index is 2.03. The Hall–Kier alpha value is -2.10. The molecule has 2 rings (SSSR count). The van der Waals surface area contributed by atoms with E-state index in [0.717, 1.165) is 18.5 Å². The summed E-state index contributed by atoms with van der Waals surface area (Å²) in [7, 11) is 0. The molecule has 1 aromatic carbocycles. The predicted molar refractivity (Wildman–Crippen MR) is 81.1 cm³/mol. The second-order valence-electron chi connectivity index (χ2n) is 5.26. The van der Waals surface area contributed by atoms with E-state index in [1.165, 1.54) is 5.56 Å². The largest absolute Gasteiger partial charge is 0.305 e. The molecule has 0 spiro atoms. The third kappa shape index (κ3) is 3.47. The molecule has 0 atom stereocenters. The van der Waals surface area contributed by atoms with Crippen LogP contribution in [0.4, 0.5) is 5.82 Å². The van der Waals surface area contributed by atoms with Crippen LogP contribution in [0.3, 0.4) is 0 Å². The monoisotopic (exact) mass is 271 g/mol. The number of H-pyrrole nitrogens is 1. The number of anilines is 1. The van der Waals surface area contributed by atoms with Gasteiger partial charge in [0.25, 0.3) is 5.91 Å². The van der Waals surface area contributed by atoms with Gasteiger partial charge in [-0.15, -0.1) is 0 Å². The number of aryl methyl sites for hydroxylation is 1. The molecule has 1 amide bonds. The molecule has 2 N–H and O–H groups in total. The van der Waals surface area contributed by atoms with Crippen LogP contribution in [0.15, 0.2) is 30.3 Å². The van der Waals surface area contributed by atoms with E-state index >= 15 is 0 Å². The van der Waals surface area contributed by atoms with Crippen molar-refractivity contribution in [1.82, 2.24) is 10.2 Å². The number of aromatic amines is 1. The molecule has 0 aliphatic heterocycles. The quantitative estimate of drug-likeness (QED) is 0.870. The third-order valence-electron chi connectivity index (χ3n) is 3.23. The summed E-state index contributed by atoms with van der Waals surface area (Å²) in [4.78, 5) is 12.1. The van der Waals surface area contributed by atoms with E-state index < -0.39 is 0 Å². The Kier molecular flexibility index (Phi) is 4.56. The Bertz CT molecular complexity index is 570. The zero-order valence-electron chi connectivity index (χ0n) is 12.2. The molecule has 1 heterocycles. The van der Waals surface area contributed by atoms with Gasteiger partial charge in [0.1, 0.15) is 0 Å². The van der Waals surface area contributed by atoms with Crippen LogP contribution in [-0.2, 0) is 6.42 Å². The van der Waals surface area contributed by atoms with E-state index in [9.17, 15) is 4.79 Å². The van der Waals surface area contributed by atoms with Gasteiger partial charge < -0.3 is 5.32 Å². The summed E-state index contributed by atoms with van der Waals surface area (Å²) in [6, 6.07) is 9.57. The van der Waals surface area contributed by atoms with Crippen molar-refractivity contribution < 1.29 is 4.79 Å². The predicted octanol–water partition coefficient (Wildman–Crippen LogP) is 3.74. The first-order valence-corrected chi connectivity index (χ1v) is 7.05. The molecule has 0 fully saturated rings. The molecule has 1 aromatic heterocycles. The maximum Gasteiger partial charge on any atom is 0.256 e. The van der Waals surface area contributed by atoms with Gasteiger partial charge in [-0.3, -0.25) is 9.89 Å².